The predicted molar refractivity (Wildman–Crippen MR) is 44.7 cm³/mol. The third-order valence-electron chi connectivity index (χ3n) is 1.52. The van der Waals surface area contributed by atoms with E-state index in [4.69, 9.17) is 16.3 Å². The molecule has 0 aromatic rings. The van der Waals surface area contributed by atoms with Crippen LogP contribution in [0.15, 0.2) is 4.99 Å². The predicted octanol–water partition coefficient (Wildman–Crippen LogP) is 0.0925. The maximum atomic E-state index is 5.75. The van der Waals surface area contributed by atoms with E-state index >= 15 is 0 Å². The van der Waals surface area contributed by atoms with Gasteiger partial charge in [-0.3, -0.25) is 10.6 Å². The second kappa shape index (κ2) is 4.01. The Labute approximate surface area is 71.0 Å². The third-order valence-corrected chi connectivity index (χ3v) is 1.78. The molecule has 0 aromatic carbocycles. The first-order chi connectivity index (χ1) is 5.26. The molecule has 0 aliphatic carbocycles. The highest BCUT2D eigenvalue weighted by atomic mass is 35.5. The Bertz CT molecular complexity index is 162. The molecule has 64 valence electrons. The molecular formula is C6H12ClN3O. The lowest BCUT2D eigenvalue weighted by atomic mass is 10.3. The minimum atomic E-state index is -0.124. The molecule has 0 saturated carbocycles. The summed E-state index contributed by atoms with van der Waals surface area (Å²) in [6.07, 6.45) is 0.481. The van der Waals surface area contributed by atoms with Crippen molar-refractivity contribution in [1.29, 1.82) is 0 Å². The zero-order valence-electron chi connectivity index (χ0n) is 6.60. The average Bonchev–Trinajstić information content (AvgIpc) is 2.03. The van der Waals surface area contributed by atoms with Crippen molar-refractivity contribution in [3.05, 3.63) is 0 Å². The molecule has 0 saturated heterocycles. The molecular weight excluding hydrogens is 166 g/mol. The van der Waals surface area contributed by atoms with E-state index in [9.17, 15) is 0 Å². The summed E-state index contributed by atoms with van der Waals surface area (Å²) in [5.41, 5.74) is 0. The fourth-order valence-electron chi connectivity index (χ4n) is 0.917. The van der Waals surface area contributed by atoms with Crippen molar-refractivity contribution in [3.8, 4) is 0 Å². The van der Waals surface area contributed by atoms with Crippen LogP contribution in [0.3, 0.4) is 0 Å². The Morgan fingerprint density at radius 2 is 2.55 bits per heavy atom. The van der Waals surface area contributed by atoms with E-state index in [1.807, 2.05) is 7.05 Å². The van der Waals surface area contributed by atoms with Crippen molar-refractivity contribution in [2.24, 2.45) is 4.99 Å². The first kappa shape index (κ1) is 8.93. The molecule has 5 heteroatoms. The molecule has 0 amide bonds. The van der Waals surface area contributed by atoms with E-state index in [-0.39, 0.29) is 12.5 Å². The van der Waals surface area contributed by atoms with Gasteiger partial charge in [-0.1, -0.05) is 11.6 Å². The first-order valence-electron chi connectivity index (χ1n) is 3.44. The SMILES string of the molecule is CNC1N=C(Cl)CC(OC)N1. The molecule has 11 heavy (non-hydrogen) atoms. The Morgan fingerprint density at radius 1 is 1.82 bits per heavy atom. The number of rotatable bonds is 2. The minimum Gasteiger partial charge on any atom is -0.366 e. The van der Waals surface area contributed by atoms with Crippen LogP contribution in [0.25, 0.3) is 0 Å². The molecule has 1 aliphatic heterocycles. The van der Waals surface area contributed by atoms with Crippen LogP contribution in [0.5, 0.6) is 0 Å². The molecule has 2 N–H and O–H groups in total. The van der Waals surface area contributed by atoms with Gasteiger partial charge in [-0.15, -0.1) is 0 Å². The van der Waals surface area contributed by atoms with E-state index in [1.54, 1.807) is 7.11 Å². The number of hydrogen-bond donors (Lipinski definition) is 2. The zero-order valence-corrected chi connectivity index (χ0v) is 7.35. The maximum Gasteiger partial charge on any atom is 0.156 e. The topological polar surface area (TPSA) is 45.7 Å². The summed E-state index contributed by atoms with van der Waals surface area (Å²) in [6.45, 7) is 0. The number of aliphatic imine (C=N–C) groups is 1. The summed E-state index contributed by atoms with van der Waals surface area (Å²) in [5.74, 6) is 0. The van der Waals surface area contributed by atoms with Crippen molar-refractivity contribution >= 4 is 16.8 Å². The van der Waals surface area contributed by atoms with Gasteiger partial charge in [0.1, 0.15) is 11.4 Å². The number of methoxy groups -OCH3 is 1. The van der Waals surface area contributed by atoms with Crippen molar-refractivity contribution in [2.75, 3.05) is 14.2 Å². The van der Waals surface area contributed by atoms with Crippen molar-refractivity contribution in [1.82, 2.24) is 10.6 Å². The lowest BCUT2D eigenvalue weighted by molar-refractivity contribution is 0.0618. The van der Waals surface area contributed by atoms with Gasteiger partial charge in [0.15, 0.2) is 6.29 Å². The summed E-state index contributed by atoms with van der Waals surface area (Å²) in [5, 5.41) is 6.61. The average molecular weight is 178 g/mol. The Hall–Kier alpha value is -0.160. The third kappa shape index (κ3) is 2.41. The van der Waals surface area contributed by atoms with E-state index in [0.717, 1.165) is 0 Å². The fraction of sp³-hybridized carbons (Fsp3) is 0.833. The van der Waals surface area contributed by atoms with Gasteiger partial charge in [0.05, 0.1) is 0 Å². The molecule has 1 heterocycles. The summed E-state index contributed by atoms with van der Waals surface area (Å²) in [7, 11) is 3.45. The monoisotopic (exact) mass is 177 g/mol. The molecule has 0 fully saturated rings. The van der Waals surface area contributed by atoms with Gasteiger partial charge in [-0.2, -0.15) is 0 Å². The number of halogens is 1. The Balaban J connectivity index is 2.53. The van der Waals surface area contributed by atoms with Gasteiger partial charge in [0.2, 0.25) is 0 Å². The van der Waals surface area contributed by atoms with Gasteiger partial charge < -0.3 is 4.74 Å². The molecule has 0 radical (unpaired) electrons. The van der Waals surface area contributed by atoms with Crippen LogP contribution < -0.4 is 10.6 Å². The molecule has 2 unspecified atom stereocenters. The van der Waals surface area contributed by atoms with Crippen LogP contribution in [-0.4, -0.2) is 31.8 Å². The number of nitrogens with zero attached hydrogens (tertiary/aromatic N) is 1. The summed E-state index contributed by atoms with van der Waals surface area (Å²) < 4.78 is 5.08. The highest BCUT2D eigenvalue weighted by Gasteiger charge is 2.19. The highest BCUT2D eigenvalue weighted by Crippen LogP contribution is 2.07. The molecule has 1 rings (SSSR count). The van der Waals surface area contributed by atoms with Crippen LogP contribution in [0.2, 0.25) is 0 Å². The highest BCUT2D eigenvalue weighted by molar-refractivity contribution is 6.65. The molecule has 0 bridgehead atoms. The summed E-state index contributed by atoms with van der Waals surface area (Å²) in [4.78, 5) is 4.08. The Morgan fingerprint density at radius 3 is 3.09 bits per heavy atom. The van der Waals surface area contributed by atoms with Crippen molar-refractivity contribution < 1.29 is 4.74 Å². The normalized spacial score (nSPS) is 31.7. The summed E-state index contributed by atoms with van der Waals surface area (Å²) in [6, 6.07) is 0. The zero-order chi connectivity index (χ0) is 8.27. The van der Waals surface area contributed by atoms with E-state index < -0.39 is 0 Å². The largest absolute Gasteiger partial charge is 0.366 e. The van der Waals surface area contributed by atoms with Crippen LogP contribution in [0.4, 0.5) is 0 Å². The maximum absolute atomic E-state index is 5.75. The fourth-order valence-corrected chi connectivity index (χ4v) is 1.16. The number of nitrogens with one attached hydrogen (secondary N) is 2. The number of ether oxygens (including phenoxy) is 1. The van der Waals surface area contributed by atoms with Crippen LogP contribution >= 0.6 is 11.6 Å². The van der Waals surface area contributed by atoms with Crippen molar-refractivity contribution in [2.45, 2.75) is 18.9 Å². The van der Waals surface area contributed by atoms with Gasteiger partial charge in [-0.05, 0) is 7.05 Å². The first-order valence-corrected chi connectivity index (χ1v) is 3.82. The molecule has 4 nitrogen and oxygen atoms in total. The minimum absolute atomic E-state index is 0.0301. The molecule has 1 aliphatic rings. The molecule has 0 spiro atoms. The van der Waals surface area contributed by atoms with Gasteiger partial charge in [-0.25, -0.2) is 4.99 Å². The van der Waals surface area contributed by atoms with E-state index in [1.165, 1.54) is 0 Å². The van der Waals surface area contributed by atoms with Crippen LogP contribution in [-0.2, 0) is 4.74 Å². The van der Waals surface area contributed by atoms with Crippen LogP contribution in [0, 0.1) is 0 Å². The molecule has 0 aromatic heterocycles. The number of hydrogen-bond acceptors (Lipinski definition) is 4. The summed E-state index contributed by atoms with van der Waals surface area (Å²) >= 11 is 5.75. The standard InChI is InChI=1S/C6H12ClN3O/c1-8-6-9-4(7)3-5(10-6)11-2/h5-6,8,10H,3H2,1-2H3. The van der Waals surface area contributed by atoms with E-state index in [2.05, 4.69) is 15.6 Å². The van der Waals surface area contributed by atoms with Crippen LogP contribution in [0.1, 0.15) is 6.42 Å². The second-order valence-electron chi connectivity index (χ2n) is 2.29. The second-order valence-corrected chi connectivity index (χ2v) is 2.73. The lowest BCUT2D eigenvalue weighted by Crippen LogP contribution is -2.49. The van der Waals surface area contributed by atoms with Gasteiger partial charge >= 0.3 is 0 Å². The van der Waals surface area contributed by atoms with Gasteiger partial charge in [0.25, 0.3) is 0 Å². The van der Waals surface area contributed by atoms with Crippen molar-refractivity contribution in [3.63, 3.8) is 0 Å². The smallest absolute Gasteiger partial charge is 0.156 e. The quantitative estimate of drug-likeness (QED) is 0.629. The molecule has 2 atom stereocenters. The van der Waals surface area contributed by atoms with E-state index in [0.29, 0.717) is 11.6 Å². The Kier molecular flexibility index (Phi) is 3.26. The lowest BCUT2D eigenvalue weighted by Gasteiger charge is -2.25. The van der Waals surface area contributed by atoms with Gasteiger partial charge in [0, 0.05) is 13.5 Å².